The van der Waals surface area contributed by atoms with Crippen LogP contribution < -0.4 is 10.6 Å². The zero-order valence-electron chi connectivity index (χ0n) is 19.2. The molecule has 0 saturated carbocycles. The number of aliphatic carboxylic acids is 1. The molecule has 2 aromatic carbocycles. The molecule has 0 saturated heterocycles. The zero-order chi connectivity index (χ0) is 23.8. The number of benzene rings is 2. The highest BCUT2D eigenvalue weighted by Crippen LogP contribution is 2.44. The molecule has 0 aromatic heterocycles. The van der Waals surface area contributed by atoms with Crippen LogP contribution in [0.25, 0.3) is 11.1 Å². The predicted octanol–water partition coefficient (Wildman–Crippen LogP) is 4.31. The number of nitrogens with one attached hydrogen (secondary N) is 2. The number of hydrogen-bond donors (Lipinski definition) is 3. The van der Waals surface area contributed by atoms with Crippen molar-refractivity contribution in [2.45, 2.75) is 51.5 Å². The van der Waals surface area contributed by atoms with Gasteiger partial charge < -0.3 is 20.5 Å². The van der Waals surface area contributed by atoms with Crippen molar-refractivity contribution in [1.82, 2.24) is 10.6 Å². The Labute approximate surface area is 194 Å². The molecule has 3 rings (SSSR count). The van der Waals surface area contributed by atoms with Gasteiger partial charge in [-0.25, -0.2) is 4.79 Å². The van der Waals surface area contributed by atoms with Crippen molar-refractivity contribution in [3.63, 3.8) is 0 Å². The van der Waals surface area contributed by atoms with Gasteiger partial charge in [0.25, 0.3) is 0 Å². The minimum atomic E-state index is -0.853. The normalized spacial score (nSPS) is 14.0. The molecule has 0 radical (unpaired) electrons. The van der Waals surface area contributed by atoms with E-state index in [4.69, 9.17) is 9.84 Å². The van der Waals surface area contributed by atoms with E-state index in [1.165, 1.54) is 0 Å². The molecule has 3 N–H and O–H groups in total. The minimum absolute atomic E-state index is 0.0294. The average Bonchev–Trinajstić information content (AvgIpc) is 3.13. The molecule has 0 aliphatic heterocycles. The number of alkyl carbamates (subject to hydrolysis) is 1. The molecule has 176 valence electrons. The second-order valence-electron chi connectivity index (χ2n) is 8.59. The fourth-order valence-corrected chi connectivity index (χ4v) is 4.21. The van der Waals surface area contributed by atoms with Crippen LogP contribution in [0.2, 0.25) is 0 Å². The Kier molecular flexibility index (Phi) is 8.46. The summed E-state index contributed by atoms with van der Waals surface area (Å²) in [5.74, 6) is -1.15. The van der Waals surface area contributed by atoms with Gasteiger partial charge in [-0.3, -0.25) is 9.59 Å². The van der Waals surface area contributed by atoms with E-state index in [2.05, 4.69) is 34.9 Å². The molecule has 0 fully saturated rings. The molecule has 33 heavy (non-hydrogen) atoms. The number of carboxylic acid groups (broad SMARTS) is 1. The number of amides is 2. The zero-order valence-corrected chi connectivity index (χ0v) is 19.2. The molecule has 1 aliphatic rings. The van der Waals surface area contributed by atoms with E-state index < -0.39 is 18.1 Å². The van der Waals surface area contributed by atoms with E-state index in [9.17, 15) is 14.4 Å². The molecule has 7 heteroatoms. The number of fused-ring (bicyclic) bond motifs is 3. The topological polar surface area (TPSA) is 105 Å². The molecule has 7 nitrogen and oxygen atoms in total. The van der Waals surface area contributed by atoms with Gasteiger partial charge in [0, 0.05) is 18.9 Å². The third kappa shape index (κ3) is 6.34. The molecule has 2 amide bonds. The number of carboxylic acids is 1. The molecule has 1 unspecified atom stereocenters. The maximum Gasteiger partial charge on any atom is 0.407 e. The first-order valence-electron chi connectivity index (χ1n) is 11.5. The van der Waals surface area contributed by atoms with Crippen molar-refractivity contribution in [2.24, 2.45) is 5.92 Å². The van der Waals surface area contributed by atoms with E-state index in [-0.39, 0.29) is 30.8 Å². The Morgan fingerprint density at radius 2 is 1.61 bits per heavy atom. The summed E-state index contributed by atoms with van der Waals surface area (Å²) in [6.07, 6.45) is 1.13. The van der Waals surface area contributed by atoms with Gasteiger partial charge in [-0.2, -0.15) is 0 Å². The quantitative estimate of drug-likeness (QED) is 0.471. The highest BCUT2D eigenvalue weighted by molar-refractivity contribution is 5.85. The number of ether oxygens (including phenoxy) is 1. The summed E-state index contributed by atoms with van der Waals surface area (Å²) in [5, 5.41) is 14.3. The van der Waals surface area contributed by atoms with Gasteiger partial charge in [0.2, 0.25) is 5.91 Å². The third-order valence-corrected chi connectivity index (χ3v) is 6.01. The lowest BCUT2D eigenvalue weighted by atomic mass is 9.98. The first kappa shape index (κ1) is 24.3. The summed E-state index contributed by atoms with van der Waals surface area (Å²) >= 11 is 0. The maximum absolute atomic E-state index is 12.6. The smallest absolute Gasteiger partial charge is 0.407 e. The van der Waals surface area contributed by atoms with E-state index in [0.29, 0.717) is 19.4 Å². The van der Waals surface area contributed by atoms with Gasteiger partial charge in [0.15, 0.2) is 0 Å². The van der Waals surface area contributed by atoms with E-state index in [1.54, 1.807) is 0 Å². The Bertz CT molecular complexity index is 945. The Morgan fingerprint density at radius 3 is 2.18 bits per heavy atom. The van der Waals surface area contributed by atoms with Gasteiger partial charge in [0.1, 0.15) is 12.6 Å². The van der Waals surface area contributed by atoms with Gasteiger partial charge >= 0.3 is 12.1 Å². The van der Waals surface area contributed by atoms with Crippen LogP contribution in [-0.4, -0.2) is 42.3 Å². The molecule has 2 atom stereocenters. The molecule has 2 aromatic rings. The molecule has 0 heterocycles. The molecule has 1 aliphatic carbocycles. The summed E-state index contributed by atoms with van der Waals surface area (Å²) in [5.41, 5.74) is 4.57. The van der Waals surface area contributed by atoms with Crippen LogP contribution in [0.4, 0.5) is 4.79 Å². The third-order valence-electron chi connectivity index (χ3n) is 6.01. The van der Waals surface area contributed by atoms with Gasteiger partial charge in [-0.05, 0) is 41.0 Å². The second-order valence-corrected chi connectivity index (χ2v) is 8.59. The van der Waals surface area contributed by atoms with E-state index in [0.717, 1.165) is 28.7 Å². The van der Waals surface area contributed by atoms with Crippen molar-refractivity contribution in [2.75, 3.05) is 13.2 Å². The van der Waals surface area contributed by atoms with Crippen LogP contribution in [0.5, 0.6) is 0 Å². The molecular formula is C26H32N2O5. The fourth-order valence-electron chi connectivity index (χ4n) is 4.21. The summed E-state index contributed by atoms with van der Waals surface area (Å²) in [6.45, 7) is 4.37. The van der Waals surface area contributed by atoms with Crippen LogP contribution in [0.3, 0.4) is 0 Å². The lowest BCUT2D eigenvalue weighted by molar-refractivity contribution is -0.137. The molecule has 0 spiro atoms. The Balaban J connectivity index is 1.55. The van der Waals surface area contributed by atoms with Crippen LogP contribution in [0.1, 0.15) is 56.6 Å². The minimum Gasteiger partial charge on any atom is -0.481 e. The van der Waals surface area contributed by atoms with Gasteiger partial charge in [0.05, 0.1) is 0 Å². The van der Waals surface area contributed by atoms with Crippen molar-refractivity contribution in [3.05, 3.63) is 59.7 Å². The number of hydrogen-bond acceptors (Lipinski definition) is 4. The first-order valence-corrected chi connectivity index (χ1v) is 11.5. The highest BCUT2D eigenvalue weighted by atomic mass is 16.5. The van der Waals surface area contributed by atoms with Crippen LogP contribution in [-0.2, 0) is 14.3 Å². The monoisotopic (exact) mass is 452 g/mol. The largest absolute Gasteiger partial charge is 0.481 e. The Morgan fingerprint density at radius 1 is 1.00 bits per heavy atom. The number of carbonyl (C=O) groups is 3. The average molecular weight is 453 g/mol. The van der Waals surface area contributed by atoms with E-state index >= 15 is 0 Å². The standard InChI is InChI=1S/C26H32N2O5/c1-3-8-23(25(31)27-15-17(2)13-14-24(29)30)28-26(32)33-16-22-20-11-6-4-9-18(20)19-10-5-7-12-21(19)22/h4-7,9-12,17,22-23H,3,8,13-16H2,1-2H3,(H,27,31)(H,28,32)(H,29,30)/t17?,23-/m0/s1. The molecule has 0 bridgehead atoms. The van der Waals surface area contributed by atoms with Crippen LogP contribution in [0.15, 0.2) is 48.5 Å². The van der Waals surface area contributed by atoms with Crippen molar-refractivity contribution in [1.29, 1.82) is 0 Å². The van der Waals surface area contributed by atoms with Crippen molar-refractivity contribution < 1.29 is 24.2 Å². The summed E-state index contributed by atoms with van der Waals surface area (Å²) < 4.78 is 5.56. The lowest BCUT2D eigenvalue weighted by Crippen LogP contribution is -2.47. The molecular weight excluding hydrogens is 420 g/mol. The SMILES string of the molecule is CCC[C@H](NC(=O)OCC1c2ccccc2-c2ccccc21)C(=O)NCC(C)CCC(=O)O. The second kappa shape index (κ2) is 11.5. The first-order chi connectivity index (χ1) is 15.9. The lowest BCUT2D eigenvalue weighted by Gasteiger charge is -2.20. The highest BCUT2D eigenvalue weighted by Gasteiger charge is 2.29. The van der Waals surface area contributed by atoms with E-state index in [1.807, 2.05) is 38.1 Å². The summed E-state index contributed by atoms with van der Waals surface area (Å²) in [4.78, 5) is 35.9. The van der Waals surface area contributed by atoms with Crippen LogP contribution in [0, 0.1) is 5.92 Å². The van der Waals surface area contributed by atoms with Crippen molar-refractivity contribution in [3.8, 4) is 11.1 Å². The van der Waals surface area contributed by atoms with Crippen molar-refractivity contribution >= 4 is 18.0 Å². The fraction of sp³-hybridized carbons (Fsp3) is 0.423. The Hall–Kier alpha value is -3.35. The maximum atomic E-state index is 12.6. The summed E-state index contributed by atoms with van der Waals surface area (Å²) in [6, 6.07) is 15.5. The number of rotatable bonds is 11. The van der Waals surface area contributed by atoms with Crippen LogP contribution >= 0.6 is 0 Å². The predicted molar refractivity (Wildman–Crippen MR) is 126 cm³/mol. The van der Waals surface area contributed by atoms with Gasteiger partial charge in [-0.1, -0.05) is 68.8 Å². The summed E-state index contributed by atoms with van der Waals surface area (Å²) in [7, 11) is 0. The number of carbonyl (C=O) groups excluding carboxylic acids is 2. The van der Waals surface area contributed by atoms with Gasteiger partial charge in [-0.15, -0.1) is 0 Å².